The third-order valence-corrected chi connectivity index (χ3v) is 1.25. The molecule has 0 saturated heterocycles. The minimum absolute atomic E-state index is 0. The summed E-state index contributed by atoms with van der Waals surface area (Å²) in [6.07, 6.45) is -2.72. The van der Waals surface area contributed by atoms with Crippen LogP contribution in [0.15, 0.2) is 0 Å². The van der Waals surface area contributed by atoms with Crippen molar-refractivity contribution in [1.82, 2.24) is 0 Å². The first-order valence-electron chi connectivity index (χ1n) is 3.11. The van der Waals surface area contributed by atoms with Crippen LogP contribution in [0.1, 0.15) is 12.8 Å². The standard InChI is InChI=1S/C6H8O7.Cr.6H2O/c7-3(8)1-6(13,5(11)12)2-4(9)10;;;;;;;/h13H,1-2H2,(H,7,8)(H,9,10)(H,11,12);;6*1H2/q;+3;;;;;;/p-3. The van der Waals surface area contributed by atoms with Gasteiger partial charge in [-0.1, -0.05) is 0 Å². The first-order valence-corrected chi connectivity index (χ1v) is 3.11. The molecule has 13 nitrogen and oxygen atoms in total. The number of rotatable bonds is 5. The van der Waals surface area contributed by atoms with E-state index in [0.717, 1.165) is 0 Å². The summed E-state index contributed by atoms with van der Waals surface area (Å²) >= 11 is 0. The Balaban J connectivity index is -0.0000000343. The van der Waals surface area contributed by atoms with E-state index in [1.54, 1.807) is 0 Å². The summed E-state index contributed by atoms with van der Waals surface area (Å²) in [5, 5.41) is 38.9. The van der Waals surface area contributed by atoms with E-state index in [9.17, 15) is 29.7 Å². The molecule has 0 aliphatic rings. The topological polar surface area (TPSA) is 330 Å². The number of carbonyl (C=O) groups excluding carboxylic acids is 3. The molecular weight excluding hydrogens is 332 g/mol. The second-order valence-corrected chi connectivity index (χ2v) is 2.42. The Morgan fingerprint density at radius 3 is 1.05 bits per heavy atom. The number of carboxylic acid groups (broad SMARTS) is 3. The van der Waals surface area contributed by atoms with E-state index in [1.165, 1.54) is 0 Å². The minimum atomic E-state index is -2.97. The van der Waals surface area contributed by atoms with E-state index in [-0.39, 0.29) is 50.2 Å². The van der Waals surface area contributed by atoms with Crippen LogP contribution in [0.25, 0.3) is 0 Å². The van der Waals surface area contributed by atoms with Crippen molar-refractivity contribution in [2.45, 2.75) is 18.4 Å². The first kappa shape index (κ1) is 51.2. The maximum absolute atomic E-state index is 10.1. The van der Waals surface area contributed by atoms with Crippen LogP contribution >= 0.6 is 0 Å². The Bertz CT molecular complexity index is 237. The molecule has 0 aliphatic carbocycles. The zero-order chi connectivity index (χ0) is 10.6. The third kappa shape index (κ3) is 19.0. The number of carboxylic acids is 3. The van der Waals surface area contributed by atoms with Gasteiger partial charge < -0.3 is 67.7 Å². The molecule has 125 valence electrons. The van der Waals surface area contributed by atoms with Gasteiger partial charge in [-0.05, 0) is 0 Å². The second-order valence-electron chi connectivity index (χ2n) is 2.42. The molecule has 13 N–H and O–H groups in total. The smallest absolute Gasteiger partial charge is 0.550 e. The summed E-state index contributed by atoms with van der Waals surface area (Å²) in [6.45, 7) is 0. The number of hydrogen-bond acceptors (Lipinski definition) is 7. The van der Waals surface area contributed by atoms with Gasteiger partial charge in [0, 0.05) is 24.8 Å². The molecule has 0 saturated carbocycles. The second kappa shape index (κ2) is 20.0. The van der Waals surface area contributed by atoms with Crippen molar-refractivity contribution in [2.24, 2.45) is 0 Å². The van der Waals surface area contributed by atoms with Gasteiger partial charge >= 0.3 is 17.4 Å². The Labute approximate surface area is 122 Å². The van der Waals surface area contributed by atoms with E-state index in [1.807, 2.05) is 0 Å². The Morgan fingerprint density at radius 1 is 0.750 bits per heavy atom. The Morgan fingerprint density at radius 2 is 0.950 bits per heavy atom. The monoisotopic (exact) mass is 349 g/mol. The van der Waals surface area contributed by atoms with Crippen molar-refractivity contribution in [3.63, 3.8) is 0 Å². The molecule has 0 aliphatic heterocycles. The van der Waals surface area contributed by atoms with Gasteiger partial charge in [-0.2, -0.15) is 0 Å². The Kier molecular flexibility index (Phi) is 51.2. The van der Waals surface area contributed by atoms with E-state index < -0.39 is 36.4 Å². The number of hydrogen-bond donors (Lipinski definition) is 1. The van der Waals surface area contributed by atoms with Crippen LogP contribution in [-0.4, -0.2) is 61.5 Å². The van der Waals surface area contributed by atoms with Crippen LogP contribution in [0.2, 0.25) is 0 Å². The summed E-state index contributed by atoms with van der Waals surface area (Å²) in [4.78, 5) is 30.0. The van der Waals surface area contributed by atoms with Crippen LogP contribution in [0, 0.1) is 0 Å². The quantitative estimate of drug-likeness (QED) is 0.498. The SMILES string of the molecule is O.O.O.O.O.O.O=C([O-])CC(O)(CC(=O)[O-])C(=O)[O-].[Cr+3]. The normalized spacial score (nSPS) is 7.05. The van der Waals surface area contributed by atoms with Crippen molar-refractivity contribution in [2.75, 3.05) is 0 Å². The van der Waals surface area contributed by atoms with Gasteiger partial charge in [-0.25, -0.2) is 0 Å². The summed E-state index contributed by atoms with van der Waals surface area (Å²) < 4.78 is 0. The fourth-order valence-electron chi connectivity index (χ4n) is 0.684. The maximum atomic E-state index is 10.1. The van der Waals surface area contributed by atoms with Crippen molar-refractivity contribution in [1.29, 1.82) is 0 Å². The van der Waals surface area contributed by atoms with E-state index in [0.29, 0.717) is 0 Å². The molecule has 0 aromatic rings. The fraction of sp³-hybridized carbons (Fsp3) is 0.500. The first-order chi connectivity index (χ1) is 5.78. The zero-order valence-corrected chi connectivity index (χ0v) is 11.0. The molecule has 0 unspecified atom stereocenters. The van der Waals surface area contributed by atoms with Gasteiger partial charge in [-0.3, -0.25) is 0 Å². The molecule has 0 bridgehead atoms. The molecule has 0 aromatic heterocycles. The molecule has 0 spiro atoms. The molecule has 0 heterocycles. The van der Waals surface area contributed by atoms with Crippen LogP contribution < -0.4 is 15.3 Å². The van der Waals surface area contributed by atoms with Gasteiger partial charge in [0.05, 0.1) is 5.97 Å². The predicted octanol–water partition coefficient (Wildman–Crippen LogP) is -10.2. The molecule has 0 rings (SSSR count). The van der Waals surface area contributed by atoms with Crippen LogP contribution in [0.3, 0.4) is 0 Å². The molecule has 14 heteroatoms. The Hall–Kier alpha value is -1.34. The number of aliphatic carboxylic acids is 3. The summed E-state index contributed by atoms with van der Waals surface area (Å²) in [7, 11) is 0. The molecule has 20 heavy (non-hydrogen) atoms. The number of carbonyl (C=O) groups is 3. The zero-order valence-electron chi connectivity index (χ0n) is 9.72. The van der Waals surface area contributed by atoms with Crippen molar-refractivity contribution >= 4 is 17.9 Å². The van der Waals surface area contributed by atoms with Crippen molar-refractivity contribution < 1.29 is 85.0 Å². The van der Waals surface area contributed by atoms with E-state index >= 15 is 0 Å². The van der Waals surface area contributed by atoms with Crippen molar-refractivity contribution in [3.8, 4) is 0 Å². The van der Waals surface area contributed by atoms with Crippen LogP contribution in [0.5, 0.6) is 0 Å². The van der Waals surface area contributed by atoms with Crippen LogP contribution in [-0.2, 0) is 31.7 Å². The largest absolute Gasteiger partial charge is 3.00 e. The van der Waals surface area contributed by atoms with Gasteiger partial charge in [0.15, 0.2) is 0 Å². The molecule has 0 amide bonds. The molecule has 1 radical (unpaired) electrons. The molecule has 0 atom stereocenters. The average molecular weight is 349 g/mol. The summed E-state index contributed by atoms with van der Waals surface area (Å²) in [5.41, 5.74) is -2.97. The summed E-state index contributed by atoms with van der Waals surface area (Å²) in [6, 6.07) is 0. The third-order valence-electron chi connectivity index (χ3n) is 1.25. The van der Waals surface area contributed by atoms with Gasteiger partial charge in [0.1, 0.15) is 5.60 Å². The van der Waals surface area contributed by atoms with Gasteiger partial charge in [-0.15, -0.1) is 0 Å². The summed E-state index contributed by atoms with van der Waals surface area (Å²) in [5.74, 6) is -5.98. The molecule has 0 aromatic carbocycles. The maximum Gasteiger partial charge on any atom is 3.00 e. The van der Waals surface area contributed by atoms with E-state index in [2.05, 4.69) is 0 Å². The minimum Gasteiger partial charge on any atom is -0.550 e. The van der Waals surface area contributed by atoms with Crippen molar-refractivity contribution in [3.05, 3.63) is 0 Å². The fourth-order valence-corrected chi connectivity index (χ4v) is 0.684. The van der Waals surface area contributed by atoms with Gasteiger partial charge in [0.25, 0.3) is 0 Å². The molecule has 0 fully saturated rings. The average Bonchev–Trinajstić information content (AvgIpc) is 1.82. The van der Waals surface area contributed by atoms with Gasteiger partial charge in [0.2, 0.25) is 0 Å². The number of aliphatic hydroxyl groups is 1. The molecular formula is C6H17CrO13. The van der Waals surface area contributed by atoms with Crippen LogP contribution in [0.4, 0.5) is 0 Å². The predicted molar refractivity (Wildman–Crippen MR) is 50.9 cm³/mol. The van der Waals surface area contributed by atoms with E-state index in [4.69, 9.17) is 5.11 Å².